The number of likely N-dealkylation sites (tertiary alicyclic amines) is 1. The molecule has 3 aliphatic heterocycles. The summed E-state index contributed by atoms with van der Waals surface area (Å²) < 4.78 is 51.3. The van der Waals surface area contributed by atoms with E-state index < -0.39 is 11.7 Å². The molecule has 0 radical (unpaired) electrons. The molecule has 0 bridgehead atoms. The summed E-state index contributed by atoms with van der Waals surface area (Å²) in [5.74, 6) is 1.47. The van der Waals surface area contributed by atoms with Crippen LogP contribution in [0, 0.1) is 6.92 Å². The molecule has 2 atom stereocenters. The molecule has 0 spiro atoms. The standard InChI is InChI=1S/C30H38F3N5O3/c1-18-26(29(39)37-12-8-23(9-13-37)34-24-10-14-41-17-25(24)40-2)35-27(20-3-4-20)36-28(18)38-11-7-19-5-6-22(30(31,32)33)15-21(19)16-38/h5-6,15,20,23-25,34H,3-4,7-14,16-17H2,1-2H3/t24-,25+/m1/s1. The van der Waals surface area contributed by atoms with Crippen molar-refractivity contribution in [2.75, 3.05) is 44.9 Å². The second kappa shape index (κ2) is 11.5. The topological polar surface area (TPSA) is 79.8 Å². The van der Waals surface area contributed by atoms with Gasteiger partial charge < -0.3 is 24.6 Å². The van der Waals surface area contributed by atoms with E-state index in [9.17, 15) is 18.0 Å². The van der Waals surface area contributed by atoms with Crippen LogP contribution in [0.25, 0.3) is 0 Å². The molecule has 1 aromatic heterocycles. The number of nitrogens with one attached hydrogen (secondary N) is 1. The first-order chi connectivity index (χ1) is 19.7. The highest BCUT2D eigenvalue weighted by molar-refractivity contribution is 5.95. The summed E-state index contributed by atoms with van der Waals surface area (Å²) in [6.07, 6.45) is 0.833. The Morgan fingerprint density at radius 1 is 1.07 bits per heavy atom. The van der Waals surface area contributed by atoms with Crippen molar-refractivity contribution < 1.29 is 27.4 Å². The van der Waals surface area contributed by atoms with Gasteiger partial charge in [-0.2, -0.15) is 13.2 Å². The number of rotatable bonds is 6. The third-order valence-corrected chi connectivity index (χ3v) is 8.97. The molecule has 2 saturated heterocycles. The molecule has 6 rings (SSSR count). The third-order valence-electron chi connectivity index (χ3n) is 8.97. The lowest BCUT2D eigenvalue weighted by atomic mass is 9.96. The Morgan fingerprint density at radius 2 is 1.85 bits per heavy atom. The Kier molecular flexibility index (Phi) is 7.95. The molecular formula is C30H38F3N5O3. The van der Waals surface area contributed by atoms with Crippen LogP contribution in [0.15, 0.2) is 18.2 Å². The van der Waals surface area contributed by atoms with Crippen LogP contribution in [-0.2, 0) is 28.6 Å². The monoisotopic (exact) mass is 573 g/mol. The van der Waals surface area contributed by atoms with Crippen LogP contribution in [0.4, 0.5) is 19.0 Å². The first-order valence-corrected chi connectivity index (χ1v) is 14.7. The number of hydrogen-bond donors (Lipinski definition) is 1. The van der Waals surface area contributed by atoms with E-state index in [1.807, 2.05) is 16.7 Å². The molecule has 3 fully saturated rings. The Hall–Kier alpha value is -2.76. The number of aromatic nitrogens is 2. The fraction of sp³-hybridized carbons (Fsp3) is 0.633. The average molecular weight is 574 g/mol. The van der Waals surface area contributed by atoms with Crippen molar-refractivity contribution in [1.82, 2.24) is 20.2 Å². The summed E-state index contributed by atoms with van der Waals surface area (Å²) in [7, 11) is 1.71. The molecule has 8 nitrogen and oxygen atoms in total. The van der Waals surface area contributed by atoms with E-state index in [1.54, 1.807) is 13.2 Å². The highest BCUT2D eigenvalue weighted by Crippen LogP contribution is 2.40. The number of methoxy groups -OCH3 is 1. The van der Waals surface area contributed by atoms with Gasteiger partial charge in [-0.15, -0.1) is 0 Å². The summed E-state index contributed by atoms with van der Waals surface area (Å²) in [6, 6.07) is 4.54. The van der Waals surface area contributed by atoms with Gasteiger partial charge in [0.2, 0.25) is 0 Å². The average Bonchev–Trinajstić information content (AvgIpc) is 3.82. The number of alkyl halides is 3. The number of ether oxygens (including phenoxy) is 2. The summed E-state index contributed by atoms with van der Waals surface area (Å²) in [4.78, 5) is 27.4. The second-order valence-electron chi connectivity index (χ2n) is 11.8. The fourth-order valence-electron chi connectivity index (χ4n) is 6.31. The van der Waals surface area contributed by atoms with Crippen molar-refractivity contribution in [2.45, 2.75) is 82.3 Å². The number of halogens is 3. The third kappa shape index (κ3) is 6.08. The number of carbonyl (C=O) groups excluding carboxylic acids is 1. The van der Waals surface area contributed by atoms with Crippen molar-refractivity contribution in [1.29, 1.82) is 0 Å². The molecule has 4 aliphatic rings. The summed E-state index contributed by atoms with van der Waals surface area (Å²) in [6.45, 7) is 5.39. The maximum atomic E-state index is 13.8. The Morgan fingerprint density at radius 3 is 2.56 bits per heavy atom. The predicted molar refractivity (Wildman–Crippen MR) is 147 cm³/mol. The van der Waals surface area contributed by atoms with Gasteiger partial charge in [-0.25, -0.2) is 9.97 Å². The Balaban J connectivity index is 1.18. The van der Waals surface area contributed by atoms with Crippen LogP contribution < -0.4 is 10.2 Å². The number of amides is 1. The minimum Gasteiger partial charge on any atom is -0.379 e. The second-order valence-corrected chi connectivity index (χ2v) is 11.8. The normalized spacial score (nSPS) is 23.9. The number of hydrogen-bond acceptors (Lipinski definition) is 7. The van der Waals surface area contributed by atoms with Gasteiger partial charge in [0.15, 0.2) is 0 Å². The largest absolute Gasteiger partial charge is 0.416 e. The van der Waals surface area contributed by atoms with Gasteiger partial charge in [-0.05, 0) is 68.7 Å². The number of anilines is 1. The zero-order chi connectivity index (χ0) is 28.7. The van der Waals surface area contributed by atoms with Crippen LogP contribution >= 0.6 is 0 Å². The van der Waals surface area contributed by atoms with E-state index in [4.69, 9.17) is 19.4 Å². The summed E-state index contributed by atoms with van der Waals surface area (Å²) in [5.41, 5.74) is 2.05. The Bertz CT molecular complexity index is 1280. The van der Waals surface area contributed by atoms with Crippen LogP contribution in [-0.4, -0.2) is 78.9 Å². The lowest BCUT2D eigenvalue weighted by Crippen LogP contribution is -2.54. The van der Waals surface area contributed by atoms with E-state index in [0.29, 0.717) is 73.7 Å². The van der Waals surface area contributed by atoms with Gasteiger partial charge in [0.1, 0.15) is 17.3 Å². The van der Waals surface area contributed by atoms with Gasteiger partial charge in [-0.1, -0.05) is 6.07 Å². The first-order valence-electron chi connectivity index (χ1n) is 14.7. The predicted octanol–water partition coefficient (Wildman–Crippen LogP) is 4.24. The van der Waals surface area contributed by atoms with Gasteiger partial charge in [0.05, 0.1) is 18.3 Å². The molecule has 4 heterocycles. The molecule has 11 heteroatoms. The number of carbonyl (C=O) groups is 1. The van der Waals surface area contributed by atoms with E-state index in [2.05, 4.69) is 5.32 Å². The SMILES string of the molecule is CO[C@H]1COCC[C@H]1NC1CCN(C(=O)c2nc(C3CC3)nc(N3CCc4ccc(C(F)(F)F)cc4C3)c2C)CC1. The van der Waals surface area contributed by atoms with E-state index in [1.165, 1.54) is 6.07 Å². The van der Waals surface area contributed by atoms with Crippen molar-refractivity contribution in [3.63, 3.8) is 0 Å². The summed E-state index contributed by atoms with van der Waals surface area (Å²) >= 11 is 0. The number of nitrogens with zero attached hydrogens (tertiary/aromatic N) is 4. The summed E-state index contributed by atoms with van der Waals surface area (Å²) in [5, 5.41) is 3.73. The molecule has 41 heavy (non-hydrogen) atoms. The molecule has 2 aromatic rings. The molecular weight excluding hydrogens is 535 g/mol. The smallest absolute Gasteiger partial charge is 0.379 e. The van der Waals surface area contributed by atoms with Gasteiger partial charge in [0.25, 0.3) is 5.91 Å². The van der Waals surface area contributed by atoms with Crippen molar-refractivity contribution >= 4 is 11.7 Å². The lowest BCUT2D eigenvalue weighted by molar-refractivity contribution is -0.137. The maximum Gasteiger partial charge on any atom is 0.416 e. The van der Waals surface area contributed by atoms with Crippen LogP contribution in [0.3, 0.4) is 0 Å². The lowest BCUT2D eigenvalue weighted by Gasteiger charge is -2.38. The van der Waals surface area contributed by atoms with E-state index >= 15 is 0 Å². The Labute approximate surface area is 238 Å². The quantitative estimate of drug-likeness (QED) is 0.554. The molecule has 1 aliphatic carbocycles. The molecule has 1 N–H and O–H groups in total. The zero-order valence-electron chi connectivity index (χ0n) is 23.7. The van der Waals surface area contributed by atoms with Crippen LogP contribution in [0.5, 0.6) is 0 Å². The maximum absolute atomic E-state index is 13.8. The highest BCUT2D eigenvalue weighted by Gasteiger charge is 2.35. The zero-order valence-corrected chi connectivity index (χ0v) is 23.7. The fourth-order valence-corrected chi connectivity index (χ4v) is 6.31. The molecule has 0 unspecified atom stereocenters. The molecule has 222 valence electrons. The van der Waals surface area contributed by atoms with Crippen LogP contribution in [0.1, 0.15) is 76.6 Å². The highest BCUT2D eigenvalue weighted by atomic mass is 19.4. The minimum absolute atomic E-state index is 0.0353. The van der Waals surface area contributed by atoms with Crippen molar-refractivity contribution in [2.24, 2.45) is 0 Å². The molecule has 1 aromatic carbocycles. The minimum atomic E-state index is -4.39. The van der Waals surface area contributed by atoms with Crippen LogP contribution in [0.2, 0.25) is 0 Å². The van der Waals surface area contributed by atoms with Gasteiger partial charge in [0, 0.05) is 63.5 Å². The number of piperidine rings is 1. The van der Waals surface area contributed by atoms with E-state index in [-0.39, 0.29) is 24.0 Å². The van der Waals surface area contributed by atoms with Gasteiger partial charge in [-0.3, -0.25) is 4.79 Å². The van der Waals surface area contributed by atoms with Crippen molar-refractivity contribution in [3.8, 4) is 0 Å². The van der Waals surface area contributed by atoms with E-state index in [0.717, 1.165) is 50.3 Å². The molecule has 1 amide bonds. The first kappa shape index (κ1) is 28.4. The number of fused-ring (bicyclic) bond motifs is 1. The van der Waals surface area contributed by atoms with Crippen molar-refractivity contribution in [3.05, 3.63) is 52.0 Å². The molecule has 1 saturated carbocycles. The number of benzene rings is 1. The van der Waals surface area contributed by atoms with Gasteiger partial charge >= 0.3 is 6.18 Å².